The molecule has 0 saturated carbocycles. The Morgan fingerprint density at radius 3 is 2.79 bits per heavy atom. The van der Waals surface area contributed by atoms with Crippen LogP contribution in [-0.2, 0) is 11.3 Å². The third kappa shape index (κ3) is 4.13. The Kier molecular flexibility index (Phi) is 5.07. The summed E-state index contributed by atoms with van der Waals surface area (Å²) in [7, 11) is 1.63. The number of nitrogens with zero attached hydrogens (tertiary/aromatic N) is 2. The lowest BCUT2D eigenvalue weighted by atomic mass is 10.2. The normalized spacial score (nSPS) is 10.7. The second-order valence-electron chi connectivity index (χ2n) is 3.93. The fourth-order valence-corrected chi connectivity index (χ4v) is 2.03. The smallest absolute Gasteiger partial charge is 0.232 e. The molecule has 19 heavy (non-hydrogen) atoms. The monoisotopic (exact) mass is 300 g/mol. The van der Waals surface area contributed by atoms with Gasteiger partial charge in [0.2, 0.25) is 5.88 Å². The summed E-state index contributed by atoms with van der Waals surface area (Å²) in [6.07, 6.45) is 1.84. The lowest BCUT2D eigenvalue weighted by molar-refractivity contribution is 0.143. The molecular weight excluding hydrogens is 287 g/mol. The molecule has 1 heterocycles. The van der Waals surface area contributed by atoms with Gasteiger partial charge in [-0.1, -0.05) is 29.3 Å². The van der Waals surface area contributed by atoms with Gasteiger partial charge >= 0.3 is 0 Å². The van der Waals surface area contributed by atoms with Crippen LogP contribution in [0.25, 0.3) is 0 Å². The molecule has 102 valence electrons. The van der Waals surface area contributed by atoms with Crippen molar-refractivity contribution in [3.63, 3.8) is 0 Å². The van der Waals surface area contributed by atoms with Crippen LogP contribution in [0.4, 0.5) is 0 Å². The Labute approximate surface area is 121 Å². The van der Waals surface area contributed by atoms with Gasteiger partial charge in [-0.05, 0) is 17.7 Å². The highest BCUT2D eigenvalue weighted by Gasteiger charge is 2.04. The van der Waals surface area contributed by atoms with Gasteiger partial charge in [-0.2, -0.15) is 0 Å². The van der Waals surface area contributed by atoms with Gasteiger partial charge < -0.3 is 9.47 Å². The predicted molar refractivity (Wildman–Crippen MR) is 75.2 cm³/mol. The summed E-state index contributed by atoms with van der Waals surface area (Å²) in [4.78, 5) is 0. The van der Waals surface area contributed by atoms with E-state index in [0.29, 0.717) is 35.7 Å². The van der Waals surface area contributed by atoms with E-state index in [-0.39, 0.29) is 0 Å². The van der Waals surface area contributed by atoms with Gasteiger partial charge in [-0.3, -0.25) is 4.68 Å². The fourth-order valence-electron chi connectivity index (χ4n) is 1.56. The van der Waals surface area contributed by atoms with Crippen molar-refractivity contribution in [1.82, 2.24) is 9.78 Å². The summed E-state index contributed by atoms with van der Waals surface area (Å²) in [5, 5.41) is 5.54. The molecular formula is C13H14Cl2N2O2. The van der Waals surface area contributed by atoms with Crippen LogP contribution in [0.1, 0.15) is 5.56 Å². The quantitative estimate of drug-likeness (QED) is 0.768. The third-order valence-corrected chi connectivity index (χ3v) is 3.09. The Balaban J connectivity index is 1.99. The molecule has 1 aromatic heterocycles. The first-order chi connectivity index (χ1) is 9.19. The van der Waals surface area contributed by atoms with Crippen molar-refractivity contribution < 1.29 is 9.47 Å². The molecule has 0 aliphatic carbocycles. The van der Waals surface area contributed by atoms with E-state index in [1.807, 2.05) is 18.3 Å². The molecule has 0 spiro atoms. The number of methoxy groups -OCH3 is 1. The Morgan fingerprint density at radius 1 is 1.21 bits per heavy atom. The van der Waals surface area contributed by atoms with Crippen LogP contribution < -0.4 is 4.74 Å². The Bertz CT molecular complexity index is 543. The zero-order chi connectivity index (χ0) is 13.7. The van der Waals surface area contributed by atoms with E-state index in [1.165, 1.54) is 0 Å². The maximum atomic E-state index is 6.12. The van der Waals surface area contributed by atoms with Crippen LogP contribution in [0.5, 0.6) is 5.88 Å². The van der Waals surface area contributed by atoms with Gasteiger partial charge in [-0.25, -0.2) is 0 Å². The van der Waals surface area contributed by atoms with Crippen molar-refractivity contribution in [2.45, 2.75) is 6.54 Å². The SMILES string of the molecule is COCCOc1ccn(Cc2ccc(Cl)cc2Cl)n1. The lowest BCUT2D eigenvalue weighted by Gasteiger charge is -2.05. The number of halogens is 2. The molecule has 0 N–H and O–H groups in total. The number of ether oxygens (including phenoxy) is 2. The molecule has 1 aromatic carbocycles. The first-order valence-corrected chi connectivity index (χ1v) is 6.54. The maximum absolute atomic E-state index is 6.12. The predicted octanol–water partition coefficient (Wildman–Crippen LogP) is 3.26. The van der Waals surface area contributed by atoms with E-state index in [1.54, 1.807) is 23.9 Å². The summed E-state index contributed by atoms with van der Waals surface area (Å²) in [5.41, 5.74) is 0.956. The van der Waals surface area contributed by atoms with Gasteiger partial charge in [0.15, 0.2) is 0 Å². The van der Waals surface area contributed by atoms with E-state index in [2.05, 4.69) is 5.10 Å². The van der Waals surface area contributed by atoms with Crippen LogP contribution >= 0.6 is 23.2 Å². The minimum atomic E-state index is 0.481. The molecule has 2 aromatic rings. The summed E-state index contributed by atoms with van der Waals surface area (Å²) in [5.74, 6) is 0.571. The average molecular weight is 301 g/mol. The van der Waals surface area contributed by atoms with Crippen molar-refractivity contribution in [1.29, 1.82) is 0 Å². The van der Waals surface area contributed by atoms with E-state index in [4.69, 9.17) is 32.7 Å². The van der Waals surface area contributed by atoms with Crippen LogP contribution in [-0.4, -0.2) is 30.1 Å². The van der Waals surface area contributed by atoms with E-state index < -0.39 is 0 Å². The minimum Gasteiger partial charge on any atom is -0.474 e. The molecule has 0 radical (unpaired) electrons. The highest BCUT2D eigenvalue weighted by molar-refractivity contribution is 6.35. The summed E-state index contributed by atoms with van der Waals surface area (Å²) in [6, 6.07) is 7.22. The zero-order valence-electron chi connectivity index (χ0n) is 10.5. The fraction of sp³-hybridized carbons (Fsp3) is 0.308. The second-order valence-corrected chi connectivity index (χ2v) is 4.77. The topological polar surface area (TPSA) is 36.3 Å². The zero-order valence-corrected chi connectivity index (χ0v) is 12.0. The standard InChI is InChI=1S/C13H14Cl2N2O2/c1-18-6-7-19-13-4-5-17(16-13)9-10-2-3-11(14)8-12(10)15/h2-5,8H,6-7,9H2,1H3. The van der Waals surface area contributed by atoms with Crippen molar-refractivity contribution in [2.24, 2.45) is 0 Å². The summed E-state index contributed by atoms with van der Waals surface area (Å²) >= 11 is 12.0. The molecule has 0 unspecified atom stereocenters. The lowest BCUT2D eigenvalue weighted by Crippen LogP contribution is -2.06. The first kappa shape index (κ1) is 14.2. The highest BCUT2D eigenvalue weighted by atomic mass is 35.5. The molecule has 2 rings (SSSR count). The maximum Gasteiger partial charge on any atom is 0.232 e. The van der Waals surface area contributed by atoms with E-state index in [0.717, 1.165) is 5.56 Å². The molecule has 0 aliphatic rings. The molecule has 0 bridgehead atoms. The summed E-state index contributed by atoms with van der Waals surface area (Å²) in [6.45, 7) is 1.59. The first-order valence-electron chi connectivity index (χ1n) is 5.78. The number of hydrogen-bond donors (Lipinski definition) is 0. The van der Waals surface area contributed by atoms with Crippen molar-refractivity contribution in [3.05, 3.63) is 46.1 Å². The Morgan fingerprint density at radius 2 is 2.05 bits per heavy atom. The second kappa shape index (κ2) is 6.80. The van der Waals surface area contributed by atoms with E-state index >= 15 is 0 Å². The molecule has 0 atom stereocenters. The molecule has 4 nitrogen and oxygen atoms in total. The molecule has 0 saturated heterocycles. The number of rotatable bonds is 6. The van der Waals surface area contributed by atoms with E-state index in [9.17, 15) is 0 Å². The molecule has 0 fully saturated rings. The third-order valence-electron chi connectivity index (χ3n) is 2.50. The van der Waals surface area contributed by atoms with Gasteiger partial charge in [0, 0.05) is 29.4 Å². The molecule has 0 aliphatic heterocycles. The number of hydrogen-bond acceptors (Lipinski definition) is 3. The van der Waals surface area contributed by atoms with Crippen LogP contribution in [0.15, 0.2) is 30.5 Å². The minimum absolute atomic E-state index is 0.481. The van der Waals surface area contributed by atoms with Crippen molar-refractivity contribution in [2.75, 3.05) is 20.3 Å². The number of aromatic nitrogens is 2. The van der Waals surface area contributed by atoms with Gasteiger partial charge in [-0.15, -0.1) is 5.10 Å². The highest BCUT2D eigenvalue weighted by Crippen LogP contribution is 2.22. The van der Waals surface area contributed by atoms with Crippen LogP contribution in [0, 0.1) is 0 Å². The van der Waals surface area contributed by atoms with Gasteiger partial charge in [0.25, 0.3) is 0 Å². The largest absolute Gasteiger partial charge is 0.474 e. The molecule has 6 heteroatoms. The average Bonchev–Trinajstić information content (AvgIpc) is 2.81. The van der Waals surface area contributed by atoms with Gasteiger partial charge in [0.1, 0.15) is 6.61 Å². The van der Waals surface area contributed by atoms with Gasteiger partial charge in [0.05, 0.1) is 13.2 Å². The van der Waals surface area contributed by atoms with Crippen LogP contribution in [0.3, 0.4) is 0 Å². The van der Waals surface area contributed by atoms with Crippen molar-refractivity contribution in [3.8, 4) is 5.88 Å². The number of benzene rings is 1. The van der Waals surface area contributed by atoms with Crippen molar-refractivity contribution >= 4 is 23.2 Å². The van der Waals surface area contributed by atoms with Crippen LogP contribution in [0.2, 0.25) is 10.0 Å². The Hall–Kier alpha value is -1.23. The summed E-state index contributed by atoms with van der Waals surface area (Å²) < 4.78 is 12.1. The molecule has 0 amide bonds.